The Labute approximate surface area is 91.9 Å². The molecule has 1 fully saturated rings. The lowest BCUT2D eigenvalue weighted by molar-refractivity contribution is -0.134. The van der Waals surface area contributed by atoms with Crippen LogP contribution in [0.4, 0.5) is 0 Å². The van der Waals surface area contributed by atoms with Crippen LogP contribution < -0.4 is 5.43 Å². The summed E-state index contributed by atoms with van der Waals surface area (Å²) in [5.41, 5.74) is 2.59. The first-order chi connectivity index (χ1) is 6.80. The molecule has 0 aromatic carbocycles. The first kappa shape index (κ1) is 12.5. The Morgan fingerprint density at radius 1 is 1.53 bits per heavy atom. The number of hydrogen-bond acceptors (Lipinski definition) is 3. The van der Waals surface area contributed by atoms with Gasteiger partial charge in [-0.1, -0.05) is 20.8 Å². The fourth-order valence-corrected chi connectivity index (χ4v) is 1.08. The van der Waals surface area contributed by atoms with Gasteiger partial charge in [-0.05, 0) is 13.8 Å². The highest BCUT2D eigenvalue weighted by Crippen LogP contribution is 2.15. The van der Waals surface area contributed by atoms with Crippen LogP contribution in [0.3, 0.4) is 0 Å². The van der Waals surface area contributed by atoms with Crippen molar-refractivity contribution in [1.82, 2.24) is 10.4 Å². The molecule has 1 unspecified atom stereocenters. The molecule has 1 aliphatic heterocycles. The van der Waals surface area contributed by atoms with Gasteiger partial charge in [0.1, 0.15) is 0 Å². The predicted molar refractivity (Wildman–Crippen MR) is 59.2 cm³/mol. The lowest BCUT2D eigenvalue weighted by Gasteiger charge is -2.29. The van der Waals surface area contributed by atoms with Crippen molar-refractivity contribution < 1.29 is 9.53 Å². The summed E-state index contributed by atoms with van der Waals surface area (Å²) in [6.07, 6.45) is 0.299. The predicted octanol–water partition coefficient (Wildman–Crippen LogP) is 1.17. The Bertz CT molecular complexity index is 229. The summed E-state index contributed by atoms with van der Waals surface area (Å²) in [5, 5.41) is 1.95. The van der Waals surface area contributed by atoms with Gasteiger partial charge in [-0.15, -0.1) is 0 Å². The van der Waals surface area contributed by atoms with Crippen molar-refractivity contribution in [2.45, 2.75) is 46.8 Å². The number of carbonyl (C=O) groups is 1. The average molecular weight is 214 g/mol. The van der Waals surface area contributed by atoms with Crippen molar-refractivity contribution in [3.05, 3.63) is 0 Å². The van der Waals surface area contributed by atoms with Crippen LogP contribution in [0.1, 0.15) is 34.6 Å². The lowest BCUT2D eigenvalue weighted by Crippen LogP contribution is -2.51. The fourth-order valence-electron chi connectivity index (χ4n) is 1.08. The van der Waals surface area contributed by atoms with Crippen LogP contribution in [0.5, 0.6) is 0 Å². The second kappa shape index (κ2) is 4.49. The molecule has 4 nitrogen and oxygen atoms in total. The summed E-state index contributed by atoms with van der Waals surface area (Å²) in [7, 11) is 0. The molecular weight excluding hydrogens is 192 g/mol. The van der Waals surface area contributed by atoms with Gasteiger partial charge in [0, 0.05) is 18.0 Å². The van der Waals surface area contributed by atoms with Crippen LogP contribution in [-0.2, 0) is 9.53 Å². The smallest absolute Gasteiger partial charge is 0.239 e. The Hall–Kier alpha value is -0.610. The van der Waals surface area contributed by atoms with Gasteiger partial charge in [-0.3, -0.25) is 10.2 Å². The summed E-state index contributed by atoms with van der Waals surface area (Å²) in [5.74, 6) is 0.0526. The van der Waals surface area contributed by atoms with Gasteiger partial charge >= 0.3 is 0 Å². The van der Waals surface area contributed by atoms with Gasteiger partial charge in [0.2, 0.25) is 5.91 Å². The molecule has 0 bridgehead atoms. The number of ether oxygens (including phenoxy) is 1. The molecule has 0 aromatic heterocycles. The number of nitrogens with zero attached hydrogens (tertiary/aromatic N) is 1. The minimum atomic E-state index is -0.350. The van der Waals surface area contributed by atoms with E-state index >= 15 is 0 Å². The maximum Gasteiger partial charge on any atom is 0.239 e. The first-order valence-corrected chi connectivity index (χ1v) is 5.50. The topological polar surface area (TPSA) is 44.9 Å². The average Bonchev–Trinajstić information content (AvgIpc) is 2.84. The van der Waals surface area contributed by atoms with Crippen molar-refractivity contribution in [2.24, 2.45) is 5.41 Å². The summed E-state index contributed by atoms with van der Waals surface area (Å²) >= 11 is 0. The van der Waals surface area contributed by atoms with E-state index in [0.29, 0.717) is 12.1 Å². The van der Waals surface area contributed by atoms with E-state index in [1.165, 1.54) is 0 Å². The summed E-state index contributed by atoms with van der Waals surface area (Å²) in [4.78, 5) is 11.8. The van der Waals surface area contributed by atoms with Crippen LogP contribution in [0.15, 0.2) is 0 Å². The second-order valence-electron chi connectivity index (χ2n) is 5.39. The quantitative estimate of drug-likeness (QED) is 0.564. The highest BCUT2D eigenvalue weighted by molar-refractivity contribution is 5.80. The standard InChI is InChI=1S/C11H22N2O2/c1-8(2)13(6-9-7-15-9)12-10(14)11(3,4)5/h8-9H,6-7H2,1-5H3,(H,12,14). The van der Waals surface area contributed by atoms with Crippen LogP contribution in [-0.4, -0.2) is 36.2 Å². The molecule has 1 heterocycles. The number of amides is 1. The lowest BCUT2D eigenvalue weighted by atomic mass is 9.96. The Balaban J connectivity index is 2.46. The molecule has 1 rings (SSSR count). The third kappa shape index (κ3) is 4.18. The Kier molecular flexibility index (Phi) is 3.73. The molecule has 0 radical (unpaired) electrons. The van der Waals surface area contributed by atoms with E-state index in [2.05, 4.69) is 19.3 Å². The van der Waals surface area contributed by atoms with Crippen molar-refractivity contribution in [1.29, 1.82) is 0 Å². The van der Waals surface area contributed by atoms with Crippen LogP contribution in [0.2, 0.25) is 0 Å². The molecular formula is C11H22N2O2. The van der Waals surface area contributed by atoms with E-state index < -0.39 is 0 Å². The minimum Gasteiger partial charge on any atom is -0.372 e. The van der Waals surface area contributed by atoms with Crippen LogP contribution in [0, 0.1) is 5.41 Å². The van der Waals surface area contributed by atoms with E-state index in [1.807, 2.05) is 25.8 Å². The van der Waals surface area contributed by atoms with Gasteiger partial charge in [0.25, 0.3) is 0 Å². The Morgan fingerprint density at radius 2 is 2.07 bits per heavy atom. The molecule has 1 saturated heterocycles. The number of carbonyl (C=O) groups excluding carboxylic acids is 1. The van der Waals surface area contributed by atoms with Gasteiger partial charge in [0.05, 0.1) is 12.7 Å². The Morgan fingerprint density at radius 3 is 2.40 bits per heavy atom. The summed E-state index contributed by atoms with van der Waals surface area (Å²) in [6.45, 7) is 11.4. The molecule has 88 valence electrons. The molecule has 1 N–H and O–H groups in total. The van der Waals surface area contributed by atoms with E-state index in [0.717, 1.165) is 13.2 Å². The third-order valence-corrected chi connectivity index (χ3v) is 2.35. The summed E-state index contributed by atoms with van der Waals surface area (Å²) < 4.78 is 5.16. The van der Waals surface area contributed by atoms with Gasteiger partial charge in [0.15, 0.2) is 0 Å². The molecule has 0 aliphatic carbocycles. The van der Waals surface area contributed by atoms with E-state index in [-0.39, 0.29) is 11.3 Å². The molecule has 0 spiro atoms. The normalized spacial score (nSPS) is 20.9. The number of rotatable bonds is 4. The molecule has 4 heteroatoms. The zero-order valence-corrected chi connectivity index (χ0v) is 10.3. The van der Waals surface area contributed by atoms with Crippen molar-refractivity contribution >= 4 is 5.91 Å². The fraction of sp³-hybridized carbons (Fsp3) is 0.909. The minimum absolute atomic E-state index is 0.0526. The monoisotopic (exact) mass is 214 g/mol. The van der Waals surface area contributed by atoms with Gasteiger partial charge in [-0.25, -0.2) is 5.01 Å². The zero-order chi connectivity index (χ0) is 11.6. The number of epoxide rings is 1. The molecule has 15 heavy (non-hydrogen) atoms. The zero-order valence-electron chi connectivity index (χ0n) is 10.3. The summed E-state index contributed by atoms with van der Waals surface area (Å²) in [6, 6.07) is 0.292. The maximum atomic E-state index is 11.8. The van der Waals surface area contributed by atoms with Gasteiger partial charge < -0.3 is 4.74 Å². The largest absolute Gasteiger partial charge is 0.372 e. The first-order valence-electron chi connectivity index (χ1n) is 5.50. The van der Waals surface area contributed by atoms with Gasteiger partial charge in [-0.2, -0.15) is 0 Å². The molecule has 0 saturated carbocycles. The second-order valence-corrected chi connectivity index (χ2v) is 5.39. The molecule has 1 aliphatic rings. The van der Waals surface area contributed by atoms with E-state index in [1.54, 1.807) is 0 Å². The van der Waals surface area contributed by atoms with E-state index in [4.69, 9.17) is 4.74 Å². The van der Waals surface area contributed by atoms with E-state index in [9.17, 15) is 4.79 Å². The van der Waals surface area contributed by atoms with Crippen LogP contribution in [0.25, 0.3) is 0 Å². The number of nitrogens with one attached hydrogen (secondary N) is 1. The molecule has 1 atom stereocenters. The number of hydrazine groups is 1. The van der Waals surface area contributed by atoms with Crippen molar-refractivity contribution in [3.8, 4) is 0 Å². The molecule has 0 aromatic rings. The maximum absolute atomic E-state index is 11.8. The number of hydrogen-bond donors (Lipinski definition) is 1. The molecule has 1 amide bonds. The highest BCUT2D eigenvalue weighted by atomic mass is 16.6. The van der Waals surface area contributed by atoms with Crippen molar-refractivity contribution in [2.75, 3.05) is 13.2 Å². The highest BCUT2D eigenvalue weighted by Gasteiger charge is 2.29. The van der Waals surface area contributed by atoms with Crippen LogP contribution >= 0.6 is 0 Å². The SMILES string of the molecule is CC(C)N(CC1CO1)NC(=O)C(C)(C)C. The van der Waals surface area contributed by atoms with Crippen molar-refractivity contribution in [3.63, 3.8) is 0 Å². The third-order valence-electron chi connectivity index (χ3n) is 2.35.